The van der Waals surface area contributed by atoms with Gasteiger partial charge < -0.3 is 15.0 Å². The summed E-state index contributed by atoms with van der Waals surface area (Å²) in [5.41, 5.74) is 1.76. The fourth-order valence-electron chi connectivity index (χ4n) is 2.98. The average Bonchev–Trinajstić information content (AvgIpc) is 3.18. The zero-order valence-electron chi connectivity index (χ0n) is 15.3. The van der Waals surface area contributed by atoms with Crippen molar-refractivity contribution in [1.29, 1.82) is 0 Å². The number of amides is 1. The maximum Gasteiger partial charge on any atom is 0.234 e. The first-order valence-electron chi connectivity index (χ1n) is 9.12. The van der Waals surface area contributed by atoms with Gasteiger partial charge in [0.1, 0.15) is 0 Å². The molecule has 0 unspecified atom stereocenters. The van der Waals surface area contributed by atoms with Gasteiger partial charge in [-0.3, -0.25) is 9.36 Å². The van der Waals surface area contributed by atoms with Crippen molar-refractivity contribution in [3.8, 4) is 5.69 Å². The average molecular weight is 395 g/mol. The highest BCUT2D eigenvalue weighted by atomic mass is 32.2. The van der Waals surface area contributed by atoms with Gasteiger partial charge in [0.2, 0.25) is 11.9 Å². The summed E-state index contributed by atoms with van der Waals surface area (Å²) in [7, 11) is 0. The summed E-state index contributed by atoms with van der Waals surface area (Å²) in [5.74, 6) is 0.954. The molecule has 4 rings (SSSR count). The van der Waals surface area contributed by atoms with E-state index in [1.807, 2.05) is 65.2 Å². The molecule has 7 nitrogen and oxygen atoms in total. The van der Waals surface area contributed by atoms with Crippen LogP contribution < -0.4 is 10.2 Å². The van der Waals surface area contributed by atoms with Crippen LogP contribution in [0.4, 0.5) is 11.6 Å². The van der Waals surface area contributed by atoms with Gasteiger partial charge in [-0.15, -0.1) is 10.2 Å². The molecule has 1 aromatic heterocycles. The third kappa shape index (κ3) is 4.35. The number of nitrogens with zero attached hydrogens (tertiary/aromatic N) is 4. The van der Waals surface area contributed by atoms with E-state index in [1.54, 1.807) is 0 Å². The Morgan fingerprint density at radius 2 is 1.68 bits per heavy atom. The number of ether oxygens (including phenoxy) is 1. The van der Waals surface area contributed by atoms with Gasteiger partial charge in [-0.2, -0.15) is 0 Å². The van der Waals surface area contributed by atoms with Crippen LogP contribution in [-0.2, 0) is 9.53 Å². The van der Waals surface area contributed by atoms with Gasteiger partial charge >= 0.3 is 0 Å². The normalized spacial score (nSPS) is 14.1. The minimum Gasteiger partial charge on any atom is -0.378 e. The summed E-state index contributed by atoms with van der Waals surface area (Å²) in [6.07, 6.45) is 0. The number of aromatic nitrogens is 3. The number of thioether (sulfide) groups is 1. The second kappa shape index (κ2) is 8.90. The predicted molar refractivity (Wildman–Crippen MR) is 110 cm³/mol. The Kier molecular flexibility index (Phi) is 5.89. The van der Waals surface area contributed by atoms with Crippen molar-refractivity contribution in [2.75, 3.05) is 42.3 Å². The number of benzene rings is 2. The molecule has 28 heavy (non-hydrogen) atoms. The Morgan fingerprint density at radius 1 is 1.00 bits per heavy atom. The van der Waals surface area contributed by atoms with E-state index in [2.05, 4.69) is 20.4 Å². The van der Waals surface area contributed by atoms with Gasteiger partial charge in [0.05, 0.1) is 24.7 Å². The van der Waals surface area contributed by atoms with Gasteiger partial charge in [0, 0.05) is 18.8 Å². The first kappa shape index (κ1) is 18.5. The zero-order chi connectivity index (χ0) is 19.2. The first-order chi connectivity index (χ1) is 13.8. The number of hydrogen-bond acceptors (Lipinski definition) is 6. The van der Waals surface area contributed by atoms with Crippen LogP contribution in [0.25, 0.3) is 5.69 Å². The van der Waals surface area contributed by atoms with Crippen molar-refractivity contribution >= 4 is 29.3 Å². The highest BCUT2D eigenvalue weighted by Gasteiger charge is 2.22. The summed E-state index contributed by atoms with van der Waals surface area (Å²) in [4.78, 5) is 14.5. The third-order valence-electron chi connectivity index (χ3n) is 4.31. The molecule has 0 radical (unpaired) electrons. The highest BCUT2D eigenvalue weighted by molar-refractivity contribution is 7.99. The molecule has 1 amide bonds. The van der Waals surface area contributed by atoms with Crippen molar-refractivity contribution in [2.24, 2.45) is 0 Å². The largest absolute Gasteiger partial charge is 0.378 e. The molecule has 1 saturated heterocycles. The van der Waals surface area contributed by atoms with E-state index in [0.29, 0.717) is 18.4 Å². The van der Waals surface area contributed by atoms with Crippen LogP contribution in [0.15, 0.2) is 65.8 Å². The molecule has 2 heterocycles. The summed E-state index contributed by atoms with van der Waals surface area (Å²) in [5, 5.41) is 12.4. The van der Waals surface area contributed by atoms with Crippen LogP contribution in [0.1, 0.15) is 0 Å². The van der Waals surface area contributed by atoms with Crippen molar-refractivity contribution < 1.29 is 9.53 Å². The lowest BCUT2D eigenvalue weighted by Crippen LogP contribution is -2.37. The summed E-state index contributed by atoms with van der Waals surface area (Å²) in [6.45, 7) is 2.88. The first-order valence-corrected chi connectivity index (χ1v) is 10.1. The molecular formula is C20H21N5O2S. The van der Waals surface area contributed by atoms with Gasteiger partial charge in [-0.05, 0) is 24.3 Å². The Labute approximate surface area is 167 Å². The number of morpholine rings is 1. The maximum atomic E-state index is 12.3. The predicted octanol–water partition coefficient (Wildman–Crippen LogP) is 2.83. The maximum absolute atomic E-state index is 12.3. The van der Waals surface area contributed by atoms with Gasteiger partial charge in [-0.25, -0.2) is 0 Å². The molecule has 144 valence electrons. The lowest BCUT2D eigenvalue weighted by atomic mass is 10.3. The van der Waals surface area contributed by atoms with E-state index in [1.165, 1.54) is 11.8 Å². The van der Waals surface area contributed by atoms with Gasteiger partial charge in [-0.1, -0.05) is 48.2 Å². The van der Waals surface area contributed by atoms with Crippen LogP contribution in [0.5, 0.6) is 0 Å². The Morgan fingerprint density at radius 3 is 2.39 bits per heavy atom. The van der Waals surface area contributed by atoms with E-state index < -0.39 is 0 Å². The minimum atomic E-state index is -0.0771. The van der Waals surface area contributed by atoms with Crippen LogP contribution in [0.2, 0.25) is 0 Å². The highest BCUT2D eigenvalue weighted by Crippen LogP contribution is 2.27. The minimum absolute atomic E-state index is 0.0771. The van der Waals surface area contributed by atoms with Crippen LogP contribution in [0, 0.1) is 0 Å². The second-order valence-electron chi connectivity index (χ2n) is 6.26. The number of nitrogens with one attached hydrogen (secondary N) is 1. The summed E-state index contributed by atoms with van der Waals surface area (Å²) < 4.78 is 7.46. The number of para-hydroxylation sites is 2. The molecule has 1 aliphatic rings. The van der Waals surface area contributed by atoms with Crippen molar-refractivity contribution in [3.05, 3.63) is 60.7 Å². The monoisotopic (exact) mass is 395 g/mol. The molecule has 0 aliphatic carbocycles. The molecule has 3 aromatic rings. The van der Waals surface area contributed by atoms with E-state index in [-0.39, 0.29) is 11.7 Å². The van der Waals surface area contributed by atoms with E-state index in [4.69, 9.17) is 4.74 Å². The topological polar surface area (TPSA) is 72.3 Å². The van der Waals surface area contributed by atoms with Crippen molar-refractivity contribution in [1.82, 2.24) is 14.8 Å². The van der Waals surface area contributed by atoms with E-state index >= 15 is 0 Å². The fraction of sp³-hybridized carbons (Fsp3) is 0.250. The molecular weight excluding hydrogens is 374 g/mol. The lowest BCUT2D eigenvalue weighted by Gasteiger charge is -2.27. The van der Waals surface area contributed by atoms with Crippen molar-refractivity contribution in [3.63, 3.8) is 0 Å². The molecule has 0 spiro atoms. The quantitative estimate of drug-likeness (QED) is 0.647. The number of anilines is 2. The standard InChI is InChI=1S/C20H21N5O2S/c26-18(21-16-7-3-1-4-8-16)15-28-20-23-22-19(24-11-13-27-14-12-24)25(20)17-9-5-2-6-10-17/h1-10H,11-15H2,(H,21,26). The Hall–Kier alpha value is -2.84. The summed E-state index contributed by atoms with van der Waals surface area (Å²) in [6, 6.07) is 19.4. The molecule has 0 atom stereocenters. The molecule has 1 N–H and O–H groups in total. The van der Waals surface area contributed by atoms with E-state index in [0.717, 1.165) is 30.4 Å². The molecule has 1 aliphatic heterocycles. The Balaban J connectivity index is 1.53. The Bertz CT molecular complexity index is 911. The smallest absolute Gasteiger partial charge is 0.234 e. The molecule has 8 heteroatoms. The molecule has 1 fully saturated rings. The lowest BCUT2D eigenvalue weighted by molar-refractivity contribution is -0.113. The van der Waals surface area contributed by atoms with Crippen molar-refractivity contribution in [2.45, 2.75) is 5.16 Å². The molecule has 2 aromatic carbocycles. The van der Waals surface area contributed by atoms with Crippen LogP contribution >= 0.6 is 11.8 Å². The van der Waals surface area contributed by atoms with E-state index in [9.17, 15) is 4.79 Å². The number of carbonyl (C=O) groups is 1. The summed E-state index contributed by atoms with van der Waals surface area (Å²) >= 11 is 1.37. The second-order valence-corrected chi connectivity index (χ2v) is 7.20. The van der Waals surface area contributed by atoms with Crippen LogP contribution in [-0.4, -0.2) is 52.7 Å². The third-order valence-corrected chi connectivity index (χ3v) is 5.24. The number of carbonyl (C=O) groups excluding carboxylic acids is 1. The molecule has 0 bridgehead atoms. The van der Waals surface area contributed by atoms with Gasteiger partial charge in [0.15, 0.2) is 5.16 Å². The number of rotatable bonds is 6. The SMILES string of the molecule is O=C(CSc1nnc(N2CCOCC2)n1-c1ccccc1)Nc1ccccc1. The zero-order valence-corrected chi connectivity index (χ0v) is 16.1. The van der Waals surface area contributed by atoms with Gasteiger partial charge in [0.25, 0.3) is 0 Å². The fourth-order valence-corrected chi connectivity index (χ4v) is 3.72. The number of hydrogen-bond donors (Lipinski definition) is 1. The van der Waals surface area contributed by atoms with Crippen LogP contribution in [0.3, 0.4) is 0 Å². The molecule has 0 saturated carbocycles.